The molecule has 0 radical (unpaired) electrons. The highest BCUT2D eigenvalue weighted by atomic mass is 79.9. The normalized spacial score (nSPS) is 11.4. The molecule has 1 rings (SSSR count). The minimum Gasteiger partial charge on any atom is -0.316 e. The zero-order valence-corrected chi connectivity index (χ0v) is 14.4. The van der Waals surface area contributed by atoms with E-state index in [-0.39, 0.29) is 0 Å². The lowest BCUT2D eigenvalue weighted by atomic mass is 10.1. The molecule has 104 valence electrons. The average molecular weight is 353 g/mol. The summed E-state index contributed by atoms with van der Waals surface area (Å²) in [5.41, 5.74) is 0. The van der Waals surface area contributed by atoms with Gasteiger partial charge in [-0.15, -0.1) is 11.3 Å². The van der Waals surface area contributed by atoms with Crippen LogP contribution in [-0.4, -0.2) is 13.1 Å². The molecule has 0 saturated heterocycles. The van der Waals surface area contributed by atoms with Crippen LogP contribution >= 0.6 is 38.9 Å². The standard InChI is InChI=1S/C14H23BrClNS/c1-11(2)10-17-8-6-4-3-5-7-12-9-13(15)14(16)18-12/h9,11,17H,3-8,10H2,1-2H3. The number of hydrogen-bond acceptors (Lipinski definition) is 2. The first kappa shape index (κ1) is 16.5. The van der Waals surface area contributed by atoms with Crippen molar-refractivity contribution in [3.63, 3.8) is 0 Å². The van der Waals surface area contributed by atoms with Gasteiger partial charge in [0.2, 0.25) is 0 Å². The molecule has 0 bridgehead atoms. The molecule has 0 aliphatic rings. The van der Waals surface area contributed by atoms with Gasteiger partial charge in [0, 0.05) is 9.35 Å². The minimum absolute atomic E-state index is 0.757. The molecule has 0 unspecified atom stereocenters. The van der Waals surface area contributed by atoms with Gasteiger partial charge in [-0.3, -0.25) is 0 Å². The third kappa shape index (κ3) is 7.13. The van der Waals surface area contributed by atoms with E-state index in [9.17, 15) is 0 Å². The monoisotopic (exact) mass is 351 g/mol. The first-order chi connectivity index (χ1) is 8.59. The van der Waals surface area contributed by atoms with Crippen LogP contribution in [0.25, 0.3) is 0 Å². The second kappa shape index (κ2) is 9.35. The lowest BCUT2D eigenvalue weighted by Gasteiger charge is -2.06. The molecule has 0 aliphatic carbocycles. The summed E-state index contributed by atoms with van der Waals surface area (Å²) in [4.78, 5) is 1.39. The molecule has 0 spiro atoms. The van der Waals surface area contributed by atoms with Gasteiger partial charge in [-0.2, -0.15) is 0 Å². The van der Waals surface area contributed by atoms with E-state index in [1.54, 1.807) is 11.3 Å². The van der Waals surface area contributed by atoms with Gasteiger partial charge in [-0.05, 0) is 60.3 Å². The van der Waals surface area contributed by atoms with E-state index < -0.39 is 0 Å². The molecule has 0 amide bonds. The second-order valence-corrected chi connectivity index (χ2v) is 7.69. The van der Waals surface area contributed by atoms with Crippen LogP contribution in [-0.2, 0) is 6.42 Å². The van der Waals surface area contributed by atoms with E-state index in [1.807, 2.05) is 0 Å². The van der Waals surface area contributed by atoms with Crippen LogP contribution in [0.15, 0.2) is 10.5 Å². The Morgan fingerprint density at radius 1 is 1.28 bits per heavy atom. The number of hydrogen-bond donors (Lipinski definition) is 1. The van der Waals surface area contributed by atoms with E-state index in [2.05, 4.69) is 41.2 Å². The molecule has 1 aromatic rings. The van der Waals surface area contributed by atoms with Crippen molar-refractivity contribution in [1.82, 2.24) is 5.32 Å². The summed E-state index contributed by atoms with van der Waals surface area (Å²) in [5.74, 6) is 0.757. The van der Waals surface area contributed by atoms with Gasteiger partial charge in [-0.1, -0.05) is 38.3 Å². The molecule has 0 aliphatic heterocycles. The summed E-state index contributed by atoms with van der Waals surface area (Å²) >= 11 is 11.2. The van der Waals surface area contributed by atoms with Crippen LogP contribution in [0.4, 0.5) is 0 Å². The number of aryl methyl sites for hydroxylation is 1. The Morgan fingerprint density at radius 3 is 2.61 bits per heavy atom. The van der Waals surface area contributed by atoms with Crippen molar-refractivity contribution < 1.29 is 0 Å². The van der Waals surface area contributed by atoms with Crippen LogP contribution in [0, 0.1) is 5.92 Å². The third-order valence-electron chi connectivity index (χ3n) is 2.78. The van der Waals surface area contributed by atoms with E-state index in [1.165, 1.54) is 30.6 Å². The van der Waals surface area contributed by atoms with Crippen molar-refractivity contribution in [2.24, 2.45) is 5.92 Å². The molecule has 1 nitrogen and oxygen atoms in total. The molecule has 1 N–H and O–H groups in total. The highest BCUT2D eigenvalue weighted by Crippen LogP contribution is 2.32. The first-order valence-corrected chi connectivity index (χ1v) is 8.72. The van der Waals surface area contributed by atoms with Crippen LogP contribution in [0.5, 0.6) is 0 Å². The van der Waals surface area contributed by atoms with Crippen LogP contribution in [0.1, 0.15) is 44.4 Å². The Balaban J connectivity index is 1.96. The van der Waals surface area contributed by atoms with Gasteiger partial charge in [0.15, 0.2) is 0 Å². The molecule has 4 heteroatoms. The van der Waals surface area contributed by atoms with Crippen molar-refractivity contribution in [2.75, 3.05) is 13.1 Å². The quantitative estimate of drug-likeness (QED) is 0.578. The molecule has 18 heavy (non-hydrogen) atoms. The second-order valence-electron chi connectivity index (χ2n) is 5.10. The summed E-state index contributed by atoms with van der Waals surface area (Å²) in [7, 11) is 0. The molecule has 0 aromatic carbocycles. The maximum Gasteiger partial charge on any atom is 0.107 e. The fourth-order valence-corrected chi connectivity index (χ4v) is 3.64. The highest BCUT2D eigenvalue weighted by molar-refractivity contribution is 9.10. The SMILES string of the molecule is CC(C)CNCCCCCCc1cc(Br)c(Cl)s1. The number of thiophene rings is 1. The summed E-state index contributed by atoms with van der Waals surface area (Å²) < 4.78 is 1.92. The number of halogens is 2. The van der Waals surface area contributed by atoms with Crippen LogP contribution in [0.3, 0.4) is 0 Å². The number of nitrogens with one attached hydrogen (secondary N) is 1. The van der Waals surface area contributed by atoms with E-state index >= 15 is 0 Å². The first-order valence-electron chi connectivity index (χ1n) is 6.74. The Labute approximate surface area is 128 Å². The van der Waals surface area contributed by atoms with Gasteiger partial charge < -0.3 is 5.32 Å². The van der Waals surface area contributed by atoms with Crippen molar-refractivity contribution in [2.45, 2.75) is 46.0 Å². The third-order valence-corrected chi connectivity index (χ3v) is 5.31. The van der Waals surface area contributed by atoms with E-state index in [4.69, 9.17) is 11.6 Å². The molecule has 0 fully saturated rings. The fraction of sp³-hybridized carbons (Fsp3) is 0.714. The van der Waals surface area contributed by atoms with Crippen molar-refractivity contribution in [3.05, 3.63) is 19.8 Å². The zero-order chi connectivity index (χ0) is 13.4. The molecule has 0 saturated carbocycles. The van der Waals surface area contributed by atoms with Gasteiger partial charge in [0.1, 0.15) is 4.34 Å². The van der Waals surface area contributed by atoms with Crippen molar-refractivity contribution in [3.8, 4) is 0 Å². The highest BCUT2D eigenvalue weighted by Gasteiger charge is 2.03. The maximum absolute atomic E-state index is 6.02. The lowest BCUT2D eigenvalue weighted by molar-refractivity contribution is 0.526. The Kier molecular flexibility index (Phi) is 8.56. The topological polar surface area (TPSA) is 12.0 Å². The molecular formula is C14H23BrClNS. The van der Waals surface area contributed by atoms with Crippen LogP contribution in [0.2, 0.25) is 4.34 Å². The van der Waals surface area contributed by atoms with E-state index in [0.29, 0.717) is 0 Å². The zero-order valence-electron chi connectivity index (χ0n) is 11.3. The van der Waals surface area contributed by atoms with Crippen molar-refractivity contribution in [1.29, 1.82) is 0 Å². The Hall–Kier alpha value is 0.430. The fourth-order valence-electron chi connectivity index (χ4n) is 1.81. The van der Waals surface area contributed by atoms with Crippen LogP contribution < -0.4 is 5.32 Å². The Morgan fingerprint density at radius 2 is 2.00 bits per heavy atom. The number of unbranched alkanes of at least 4 members (excludes halogenated alkanes) is 3. The maximum atomic E-state index is 6.02. The van der Waals surface area contributed by atoms with Gasteiger partial charge >= 0.3 is 0 Å². The predicted octanol–water partition coefficient (Wildman–Crippen LogP) is 5.51. The number of rotatable bonds is 9. The summed E-state index contributed by atoms with van der Waals surface area (Å²) in [5, 5.41) is 3.48. The average Bonchev–Trinajstić information content (AvgIpc) is 2.62. The van der Waals surface area contributed by atoms with Gasteiger partial charge in [-0.25, -0.2) is 0 Å². The summed E-state index contributed by atoms with van der Waals surface area (Å²) in [6.07, 6.45) is 6.37. The van der Waals surface area contributed by atoms with Crippen molar-refractivity contribution >= 4 is 38.9 Å². The minimum atomic E-state index is 0.757. The smallest absolute Gasteiger partial charge is 0.107 e. The molecular weight excluding hydrogens is 330 g/mol. The predicted molar refractivity (Wildman–Crippen MR) is 86.9 cm³/mol. The summed E-state index contributed by atoms with van der Waals surface area (Å²) in [6.45, 7) is 6.80. The lowest BCUT2D eigenvalue weighted by Crippen LogP contribution is -2.20. The van der Waals surface area contributed by atoms with Gasteiger partial charge in [0.25, 0.3) is 0 Å². The summed E-state index contributed by atoms with van der Waals surface area (Å²) in [6, 6.07) is 2.15. The molecule has 1 heterocycles. The Bertz CT molecular complexity index is 319. The largest absolute Gasteiger partial charge is 0.316 e. The van der Waals surface area contributed by atoms with Gasteiger partial charge in [0.05, 0.1) is 0 Å². The molecule has 1 aromatic heterocycles. The van der Waals surface area contributed by atoms with E-state index in [0.717, 1.165) is 34.2 Å². The molecule has 0 atom stereocenters.